The van der Waals surface area contributed by atoms with Gasteiger partial charge < -0.3 is 20.1 Å². The van der Waals surface area contributed by atoms with Gasteiger partial charge in [0.2, 0.25) is 0 Å². The first-order valence-corrected chi connectivity index (χ1v) is 5.30. The Morgan fingerprint density at radius 2 is 2.35 bits per heavy atom. The van der Waals surface area contributed by atoms with Crippen LogP contribution in [-0.4, -0.2) is 52.3 Å². The van der Waals surface area contributed by atoms with Gasteiger partial charge in [-0.3, -0.25) is 0 Å². The summed E-state index contributed by atoms with van der Waals surface area (Å²) in [6.45, 7) is 0.991. The van der Waals surface area contributed by atoms with Gasteiger partial charge >= 0.3 is 6.09 Å². The molecule has 7 heteroatoms. The summed E-state index contributed by atoms with van der Waals surface area (Å²) in [5.74, 6) is 0.966. The Morgan fingerprint density at radius 1 is 1.59 bits per heavy atom. The number of ether oxygens (including phenoxy) is 1. The van der Waals surface area contributed by atoms with Crippen LogP contribution in [0.3, 0.4) is 0 Å². The van der Waals surface area contributed by atoms with Gasteiger partial charge in [-0.15, -0.1) is 0 Å². The Kier molecular flexibility index (Phi) is 3.27. The molecule has 0 bridgehead atoms. The number of likely N-dealkylation sites (tertiary alicyclic amines) is 1. The van der Waals surface area contributed by atoms with E-state index >= 15 is 0 Å². The lowest BCUT2D eigenvalue weighted by Crippen LogP contribution is -2.30. The van der Waals surface area contributed by atoms with Crippen molar-refractivity contribution in [1.82, 2.24) is 14.9 Å². The highest BCUT2D eigenvalue weighted by molar-refractivity contribution is 5.65. The van der Waals surface area contributed by atoms with E-state index in [4.69, 9.17) is 9.84 Å². The summed E-state index contributed by atoms with van der Waals surface area (Å²) in [5, 5.41) is 12.0. The standard InChI is InChI=1S/C10H14N4O3/c1-17-9-8(11-3-4-12-9)13-7-2-5-14(6-7)10(15)16/h3-4,7H,2,5-6H2,1H3,(H,11,13)(H,15,16). The summed E-state index contributed by atoms with van der Waals surface area (Å²) in [6.07, 6.45) is 2.98. The quantitative estimate of drug-likeness (QED) is 0.803. The van der Waals surface area contributed by atoms with E-state index in [1.807, 2.05) is 0 Å². The Morgan fingerprint density at radius 3 is 3.00 bits per heavy atom. The Bertz CT molecular complexity index is 412. The van der Waals surface area contributed by atoms with Crippen molar-refractivity contribution in [3.63, 3.8) is 0 Å². The molecule has 0 aromatic carbocycles. The van der Waals surface area contributed by atoms with Crippen LogP contribution in [0.15, 0.2) is 12.4 Å². The van der Waals surface area contributed by atoms with Crippen LogP contribution in [0.5, 0.6) is 5.88 Å². The van der Waals surface area contributed by atoms with E-state index in [-0.39, 0.29) is 6.04 Å². The van der Waals surface area contributed by atoms with Crippen molar-refractivity contribution in [2.24, 2.45) is 0 Å². The number of hydrogen-bond acceptors (Lipinski definition) is 5. The van der Waals surface area contributed by atoms with Crippen LogP contribution >= 0.6 is 0 Å². The molecular weight excluding hydrogens is 224 g/mol. The minimum absolute atomic E-state index is 0.0525. The van der Waals surface area contributed by atoms with Crippen molar-refractivity contribution in [1.29, 1.82) is 0 Å². The van der Waals surface area contributed by atoms with Gasteiger partial charge in [-0.25, -0.2) is 14.8 Å². The molecule has 17 heavy (non-hydrogen) atoms. The molecule has 0 radical (unpaired) electrons. The fourth-order valence-corrected chi connectivity index (χ4v) is 1.82. The Labute approximate surface area is 98.4 Å². The van der Waals surface area contributed by atoms with Gasteiger partial charge in [0.15, 0.2) is 5.82 Å². The first-order chi connectivity index (χ1) is 8.20. The van der Waals surface area contributed by atoms with Crippen molar-refractivity contribution in [2.45, 2.75) is 12.5 Å². The SMILES string of the molecule is COc1nccnc1NC1CCN(C(=O)O)C1. The van der Waals surface area contributed by atoms with Crippen molar-refractivity contribution in [3.8, 4) is 5.88 Å². The molecule has 0 saturated carbocycles. The van der Waals surface area contributed by atoms with E-state index < -0.39 is 6.09 Å². The highest BCUT2D eigenvalue weighted by atomic mass is 16.5. The normalized spacial score (nSPS) is 19.1. The number of rotatable bonds is 3. The van der Waals surface area contributed by atoms with E-state index in [1.165, 1.54) is 12.0 Å². The summed E-state index contributed by atoms with van der Waals surface area (Å²) in [7, 11) is 1.52. The Balaban J connectivity index is 2.00. The molecule has 1 fully saturated rings. The lowest BCUT2D eigenvalue weighted by molar-refractivity contribution is 0.155. The highest BCUT2D eigenvalue weighted by Crippen LogP contribution is 2.20. The van der Waals surface area contributed by atoms with Crippen molar-refractivity contribution >= 4 is 11.9 Å². The van der Waals surface area contributed by atoms with E-state index in [0.717, 1.165) is 6.42 Å². The molecule has 1 unspecified atom stereocenters. The number of methoxy groups -OCH3 is 1. The number of anilines is 1. The third-order valence-corrected chi connectivity index (χ3v) is 2.66. The van der Waals surface area contributed by atoms with Crippen LogP contribution in [0, 0.1) is 0 Å². The molecule has 1 amide bonds. The van der Waals surface area contributed by atoms with Crippen LogP contribution < -0.4 is 10.1 Å². The van der Waals surface area contributed by atoms with E-state index in [9.17, 15) is 4.79 Å². The number of carboxylic acid groups (broad SMARTS) is 1. The van der Waals surface area contributed by atoms with Crippen LogP contribution in [0.25, 0.3) is 0 Å². The smallest absolute Gasteiger partial charge is 0.407 e. The minimum Gasteiger partial charge on any atom is -0.478 e. The average Bonchev–Trinajstić information content (AvgIpc) is 2.78. The minimum atomic E-state index is -0.889. The lowest BCUT2D eigenvalue weighted by Gasteiger charge is -2.15. The van der Waals surface area contributed by atoms with Crippen LogP contribution in [0.2, 0.25) is 0 Å². The predicted molar refractivity (Wildman–Crippen MR) is 60.2 cm³/mol. The fraction of sp³-hybridized carbons (Fsp3) is 0.500. The third-order valence-electron chi connectivity index (χ3n) is 2.66. The highest BCUT2D eigenvalue weighted by Gasteiger charge is 2.26. The largest absolute Gasteiger partial charge is 0.478 e. The number of amides is 1. The molecule has 92 valence electrons. The first kappa shape index (κ1) is 11.4. The summed E-state index contributed by atoms with van der Waals surface area (Å²) >= 11 is 0. The summed E-state index contributed by atoms with van der Waals surface area (Å²) < 4.78 is 5.06. The molecular formula is C10H14N4O3. The lowest BCUT2D eigenvalue weighted by atomic mass is 10.2. The molecule has 2 heterocycles. The molecule has 1 saturated heterocycles. The molecule has 1 aromatic rings. The summed E-state index contributed by atoms with van der Waals surface area (Å²) in [5.41, 5.74) is 0. The maximum atomic E-state index is 10.8. The van der Waals surface area contributed by atoms with Gasteiger partial charge in [-0.2, -0.15) is 0 Å². The van der Waals surface area contributed by atoms with Gasteiger partial charge in [0.25, 0.3) is 5.88 Å². The molecule has 1 atom stereocenters. The second kappa shape index (κ2) is 4.86. The van der Waals surface area contributed by atoms with Gasteiger partial charge in [0, 0.05) is 31.5 Å². The first-order valence-electron chi connectivity index (χ1n) is 5.30. The van der Waals surface area contributed by atoms with Gasteiger partial charge in [0.05, 0.1) is 7.11 Å². The molecule has 2 rings (SSSR count). The summed E-state index contributed by atoms with van der Waals surface area (Å²) in [6, 6.07) is 0.0525. The molecule has 1 aliphatic heterocycles. The number of hydrogen-bond donors (Lipinski definition) is 2. The van der Waals surface area contributed by atoms with Crippen LogP contribution in [-0.2, 0) is 0 Å². The second-order valence-electron chi connectivity index (χ2n) is 3.77. The van der Waals surface area contributed by atoms with Crippen molar-refractivity contribution in [3.05, 3.63) is 12.4 Å². The van der Waals surface area contributed by atoms with Crippen molar-refractivity contribution in [2.75, 3.05) is 25.5 Å². The second-order valence-corrected chi connectivity index (χ2v) is 3.77. The molecule has 2 N–H and O–H groups in total. The predicted octanol–water partition coefficient (Wildman–Crippen LogP) is 0.649. The zero-order valence-electron chi connectivity index (χ0n) is 9.46. The number of nitrogens with one attached hydrogen (secondary N) is 1. The van der Waals surface area contributed by atoms with E-state index in [1.54, 1.807) is 12.4 Å². The molecule has 0 spiro atoms. The fourth-order valence-electron chi connectivity index (χ4n) is 1.82. The monoisotopic (exact) mass is 238 g/mol. The van der Waals surface area contributed by atoms with Crippen LogP contribution in [0.4, 0.5) is 10.6 Å². The Hall–Kier alpha value is -2.05. The molecule has 1 aliphatic rings. The summed E-state index contributed by atoms with van der Waals surface area (Å²) in [4.78, 5) is 20.3. The zero-order chi connectivity index (χ0) is 12.3. The van der Waals surface area contributed by atoms with Crippen molar-refractivity contribution < 1.29 is 14.6 Å². The maximum absolute atomic E-state index is 10.8. The maximum Gasteiger partial charge on any atom is 0.407 e. The molecule has 0 aliphatic carbocycles. The third kappa shape index (κ3) is 2.55. The van der Waals surface area contributed by atoms with E-state index in [2.05, 4.69) is 15.3 Å². The molecule has 7 nitrogen and oxygen atoms in total. The average molecular weight is 238 g/mol. The topological polar surface area (TPSA) is 87.6 Å². The van der Waals surface area contributed by atoms with Gasteiger partial charge in [-0.1, -0.05) is 0 Å². The number of aromatic nitrogens is 2. The van der Waals surface area contributed by atoms with Crippen LogP contribution in [0.1, 0.15) is 6.42 Å². The number of carbonyl (C=O) groups is 1. The van der Waals surface area contributed by atoms with E-state index in [0.29, 0.717) is 24.8 Å². The van der Waals surface area contributed by atoms with Gasteiger partial charge in [-0.05, 0) is 6.42 Å². The number of nitrogens with zero attached hydrogens (tertiary/aromatic N) is 3. The molecule has 1 aromatic heterocycles. The zero-order valence-corrected chi connectivity index (χ0v) is 9.46. The van der Waals surface area contributed by atoms with Gasteiger partial charge in [0.1, 0.15) is 0 Å².